The lowest BCUT2D eigenvalue weighted by molar-refractivity contribution is -0.160. The van der Waals surface area contributed by atoms with E-state index in [-0.39, 0.29) is 17.9 Å². The molecule has 9 nitrogen and oxygen atoms in total. The third kappa shape index (κ3) is 4.19. The Balaban J connectivity index is 1.33. The van der Waals surface area contributed by atoms with E-state index in [1.54, 1.807) is 24.4 Å². The van der Waals surface area contributed by atoms with Crippen LogP contribution in [0.25, 0.3) is 11.2 Å². The van der Waals surface area contributed by atoms with Crippen LogP contribution in [0.15, 0.2) is 24.4 Å². The number of fused-ring (bicyclic) bond motifs is 1. The van der Waals surface area contributed by atoms with E-state index in [9.17, 15) is 4.79 Å². The minimum absolute atomic E-state index is 0.0938. The second kappa shape index (κ2) is 8.80. The number of hydrogen-bond acceptors (Lipinski definition) is 7. The number of halogens is 2. The van der Waals surface area contributed by atoms with Gasteiger partial charge in [0.05, 0.1) is 35.1 Å². The Morgan fingerprint density at radius 3 is 2.46 bits per heavy atom. The molecule has 184 valence electrons. The molecule has 1 amide bonds. The highest BCUT2D eigenvalue weighted by Crippen LogP contribution is 2.47. The summed E-state index contributed by atoms with van der Waals surface area (Å²) in [7, 11) is 0. The van der Waals surface area contributed by atoms with Crippen LogP contribution in [0.5, 0.6) is 0 Å². The second-order valence-corrected chi connectivity index (χ2v) is 10.9. The Morgan fingerprint density at radius 1 is 1.11 bits per heavy atom. The highest BCUT2D eigenvalue weighted by Gasteiger charge is 2.50. The van der Waals surface area contributed by atoms with E-state index in [0.29, 0.717) is 44.6 Å². The van der Waals surface area contributed by atoms with Gasteiger partial charge in [-0.3, -0.25) is 9.36 Å². The van der Waals surface area contributed by atoms with E-state index in [1.807, 2.05) is 0 Å². The Labute approximate surface area is 212 Å². The number of aromatic nitrogens is 4. The summed E-state index contributed by atoms with van der Waals surface area (Å²) in [5, 5.41) is 7.81. The largest absolute Gasteiger partial charge is 0.380 e. The number of nitrogens with two attached hydrogens (primary N) is 1. The predicted octanol–water partition coefficient (Wildman–Crippen LogP) is 4.68. The maximum absolute atomic E-state index is 11.7. The van der Waals surface area contributed by atoms with Crippen LogP contribution in [0.1, 0.15) is 44.6 Å². The number of rotatable bonds is 6. The average molecular weight is 516 g/mol. The first-order chi connectivity index (χ1) is 16.9. The summed E-state index contributed by atoms with van der Waals surface area (Å²) in [6.07, 6.45) is 6.94. The zero-order chi connectivity index (χ0) is 24.2. The van der Waals surface area contributed by atoms with Crippen molar-refractivity contribution in [3.05, 3.63) is 34.4 Å². The Hall–Kier alpha value is -2.62. The summed E-state index contributed by atoms with van der Waals surface area (Å²) in [5.41, 5.74) is 7.92. The van der Waals surface area contributed by atoms with Crippen LogP contribution in [0.3, 0.4) is 0 Å². The SMILES string of the molecule is NC(=O)C1CCC(n2c(Nc3c(Cl)cccc3Cl)nc3cnc(NC4CC5(COC5)C4)nc32)CC1. The summed E-state index contributed by atoms with van der Waals surface area (Å²) in [6, 6.07) is 5.80. The Kier molecular flexibility index (Phi) is 5.74. The van der Waals surface area contributed by atoms with E-state index in [2.05, 4.69) is 20.2 Å². The molecule has 0 bridgehead atoms. The van der Waals surface area contributed by atoms with E-state index in [1.165, 1.54) is 0 Å². The molecule has 3 heterocycles. The first kappa shape index (κ1) is 22.8. The van der Waals surface area contributed by atoms with Crippen LogP contribution in [0, 0.1) is 11.3 Å². The molecule has 1 aliphatic heterocycles. The monoisotopic (exact) mass is 515 g/mol. The number of imidazole rings is 1. The van der Waals surface area contributed by atoms with Gasteiger partial charge in [-0.15, -0.1) is 0 Å². The fourth-order valence-electron chi connectivity index (χ4n) is 5.64. The molecule has 2 aromatic heterocycles. The quantitative estimate of drug-likeness (QED) is 0.435. The van der Waals surface area contributed by atoms with Crippen LogP contribution in [-0.4, -0.2) is 44.7 Å². The van der Waals surface area contributed by atoms with Gasteiger partial charge in [0.2, 0.25) is 17.8 Å². The van der Waals surface area contributed by atoms with E-state index < -0.39 is 0 Å². The van der Waals surface area contributed by atoms with E-state index >= 15 is 0 Å². The topological polar surface area (TPSA) is 120 Å². The molecule has 0 radical (unpaired) electrons. The molecule has 1 spiro atoms. The summed E-state index contributed by atoms with van der Waals surface area (Å²) in [4.78, 5) is 25.9. The van der Waals surface area contributed by atoms with Crippen LogP contribution in [0.2, 0.25) is 10.0 Å². The number of hydrogen-bond donors (Lipinski definition) is 3. The third-order valence-corrected chi connectivity index (χ3v) is 8.24. The molecule has 1 saturated heterocycles. The van der Waals surface area contributed by atoms with Crippen molar-refractivity contribution in [1.29, 1.82) is 0 Å². The smallest absolute Gasteiger partial charge is 0.224 e. The number of ether oxygens (including phenoxy) is 1. The zero-order valence-corrected chi connectivity index (χ0v) is 20.6. The van der Waals surface area contributed by atoms with Crippen molar-refractivity contribution in [2.45, 2.75) is 50.6 Å². The maximum atomic E-state index is 11.7. The van der Waals surface area contributed by atoms with Crippen molar-refractivity contribution in [3.8, 4) is 0 Å². The molecule has 1 aromatic carbocycles. The molecule has 3 aliphatic rings. The van der Waals surface area contributed by atoms with Gasteiger partial charge in [0.15, 0.2) is 5.65 Å². The molecule has 3 aromatic rings. The first-order valence-corrected chi connectivity index (χ1v) is 12.8. The predicted molar refractivity (Wildman–Crippen MR) is 135 cm³/mol. The van der Waals surface area contributed by atoms with Crippen molar-refractivity contribution >= 4 is 57.9 Å². The first-order valence-electron chi connectivity index (χ1n) is 12.0. The van der Waals surface area contributed by atoms with Crippen molar-refractivity contribution < 1.29 is 9.53 Å². The van der Waals surface area contributed by atoms with Gasteiger partial charge in [0.1, 0.15) is 5.52 Å². The highest BCUT2D eigenvalue weighted by molar-refractivity contribution is 6.39. The molecule has 0 atom stereocenters. The number of benzene rings is 1. The number of para-hydroxylation sites is 1. The van der Waals surface area contributed by atoms with Gasteiger partial charge in [0.25, 0.3) is 0 Å². The van der Waals surface area contributed by atoms with Crippen molar-refractivity contribution in [1.82, 2.24) is 19.5 Å². The highest BCUT2D eigenvalue weighted by atomic mass is 35.5. The van der Waals surface area contributed by atoms with Gasteiger partial charge >= 0.3 is 0 Å². The van der Waals surface area contributed by atoms with Gasteiger partial charge in [0, 0.05) is 23.4 Å². The molecule has 2 aliphatic carbocycles. The normalized spacial score (nSPS) is 23.6. The molecule has 4 N–H and O–H groups in total. The van der Waals surface area contributed by atoms with Crippen LogP contribution >= 0.6 is 23.2 Å². The number of primary amides is 1. The summed E-state index contributed by atoms with van der Waals surface area (Å²) in [5.74, 6) is 0.859. The number of nitrogens with zero attached hydrogens (tertiary/aromatic N) is 4. The fraction of sp³-hybridized carbons (Fsp3) is 0.500. The number of carbonyl (C=O) groups is 1. The molecule has 35 heavy (non-hydrogen) atoms. The van der Waals surface area contributed by atoms with Crippen LogP contribution < -0.4 is 16.4 Å². The van der Waals surface area contributed by atoms with Gasteiger partial charge < -0.3 is 21.1 Å². The lowest BCUT2D eigenvalue weighted by Crippen LogP contribution is -2.56. The Bertz CT molecular complexity index is 1260. The molecule has 0 unspecified atom stereocenters. The minimum Gasteiger partial charge on any atom is -0.380 e. The molecule has 2 saturated carbocycles. The minimum atomic E-state index is -0.232. The van der Waals surface area contributed by atoms with Gasteiger partial charge in [-0.05, 0) is 50.7 Å². The zero-order valence-electron chi connectivity index (χ0n) is 19.1. The lowest BCUT2D eigenvalue weighted by atomic mass is 9.64. The van der Waals surface area contributed by atoms with E-state index in [0.717, 1.165) is 57.4 Å². The van der Waals surface area contributed by atoms with Crippen molar-refractivity contribution in [2.24, 2.45) is 17.1 Å². The third-order valence-electron chi connectivity index (χ3n) is 7.61. The summed E-state index contributed by atoms with van der Waals surface area (Å²) >= 11 is 12.9. The molecule has 3 fully saturated rings. The standard InChI is InChI=1S/C24H27Cl2N7O2/c25-16-2-1-3-17(26)19(16)31-23-30-18-10-28-22(29-14-8-24(9-14)11-35-12-24)32-21(18)33(23)15-6-4-13(5-7-15)20(27)34/h1-3,10,13-15H,4-9,11-12H2,(H2,27,34)(H,30,31)(H,28,29,32). The second-order valence-electron chi connectivity index (χ2n) is 10.1. The van der Waals surface area contributed by atoms with Gasteiger partial charge in [-0.1, -0.05) is 29.3 Å². The lowest BCUT2D eigenvalue weighted by Gasteiger charge is -2.53. The molecular weight excluding hydrogens is 489 g/mol. The summed E-state index contributed by atoms with van der Waals surface area (Å²) in [6.45, 7) is 1.71. The van der Waals surface area contributed by atoms with Crippen molar-refractivity contribution in [3.63, 3.8) is 0 Å². The fourth-order valence-corrected chi connectivity index (χ4v) is 6.13. The number of nitrogens with one attached hydrogen (secondary N) is 2. The van der Waals surface area contributed by atoms with Crippen LogP contribution in [0.4, 0.5) is 17.6 Å². The van der Waals surface area contributed by atoms with Gasteiger partial charge in [-0.25, -0.2) is 9.97 Å². The van der Waals surface area contributed by atoms with Crippen molar-refractivity contribution in [2.75, 3.05) is 23.8 Å². The number of amides is 1. The number of anilines is 3. The Morgan fingerprint density at radius 2 is 1.83 bits per heavy atom. The molecular formula is C24H27Cl2N7O2. The number of carbonyl (C=O) groups excluding carboxylic acids is 1. The maximum Gasteiger partial charge on any atom is 0.224 e. The molecule has 11 heteroatoms. The average Bonchev–Trinajstić information content (AvgIpc) is 3.14. The van der Waals surface area contributed by atoms with Gasteiger partial charge in [-0.2, -0.15) is 4.98 Å². The van der Waals surface area contributed by atoms with Crippen LogP contribution in [-0.2, 0) is 9.53 Å². The molecule has 6 rings (SSSR count). The van der Waals surface area contributed by atoms with E-state index in [4.69, 9.17) is 43.6 Å². The summed E-state index contributed by atoms with van der Waals surface area (Å²) < 4.78 is 7.48.